The number of nitrogens with zero attached hydrogens (tertiary/aromatic N) is 2. The largest absolute Gasteiger partial charge is 0.493 e. The predicted molar refractivity (Wildman–Crippen MR) is 160 cm³/mol. The monoisotopic (exact) mass is 578 g/mol. The van der Waals surface area contributed by atoms with Crippen molar-refractivity contribution in [3.8, 4) is 5.75 Å². The normalized spacial score (nSPS) is 15.9. The molecule has 42 heavy (non-hydrogen) atoms. The van der Waals surface area contributed by atoms with Gasteiger partial charge in [-0.15, -0.1) is 0 Å². The summed E-state index contributed by atoms with van der Waals surface area (Å²) in [6.07, 6.45) is 1.48. The van der Waals surface area contributed by atoms with Crippen LogP contribution in [0.4, 0.5) is 0 Å². The minimum atomic E-state index is -0.953. The lowest BCUT2D eigenvalue weighted by Crippen LogP contribution is -2.37. The number of piperidine rings is 1. The van der Waals surface area contributed by atoms with Gasteiger partial charge in [0.1, 0.15) is 18.2 Å². The minimum Gasteiger partial charge on any atom is -0.493 e. The molecule has 0 radical (unpaired) electrons. The van der Waals surface area contributed by atoms with E-state index in [-0.39, 0.29) is 42.2 Å². The number of Topliss-reactive ketones (excluding diaryl/α,β-unsaturated/α-hetero) is 1. The van der Waals surface area contributed by atoms with Crippen LogP contribution in [0.25, 0.3) is 0 Å². The molecule has 0 bridgehead atoms. The second-order valence-electron chi connectivity index (χ2n) is 12.0. The van der Waals surface area contributed by atoms with Gasteiger partial charge in [0, 0.05) is 44.4 Å². The van der Waals surface area contributed by atoms with Gasteiger partial charge in [-0.2, -0.15) is 0 Å². The second kappa shape index (κ2) is 13.0. The number of rotatable bonds is 11. The van der Waals surface area contributed by atoms with Crippen LogP contribution in [0.3, 0.4) is 0 Å². The highest BCUT2D eigenvalue weighted by Crippen LogP contribution is 2.31. The lowest BCUT2D eigenvalue weighted by molar-refractivity contribution is -0.145. The minimum absolute atomic E-state index is 0.0478. The number of carboxylic acids is 1. The Kier molecular flexibility index (Phi) is 9.68. The molecule has 3 N–H and O–H groups in total. The molecule has 2 aliphatic heterocycles. The lowest BCUT2D eigenvalue weighted by Gasteiger charge is -2.32. The fourth-order valence-electron chi connectivity index (χ4n) is 5.47. The van der Waals surface area contributed by atoms with Gasteiger partial charge in [-0.1, -0.05) is 26.8 Å². The summed E-state index contributed by atoms with van der Waals surface area (Å²) in [5.41, 5.74) is 4.42. The van der Waals surface area contributed by atoms with E-state index in [0.29, 0.717) is 42.1 Å². The van der Waals surface area contributed by atoms with Crippen LogP contribution >= 0.6 is 0 Å². The van der Waals surface area contributed by atoms with Crippen molar-refractivity contribution in [1.29, 1.82) is 5.41 Å². The molecule has 0 spiro atoms. The molecule has 2 aromatic rings. The van der Waals surface area contributed by atoms with E-state index in [1.165, 1.54) is 0 Å². The molecule has 0 saturated carbocycles. The van der Waals surface area contributed by atoms with E-state index in [1.54, 1.807) is 24.1 Å². The van der Waals surface area contributed by atoms with Crippen molar-refractivity contribution >= 4 is 23.5 Å². The summed E-state index contributed by atoms with van der Waals surface area (Å²) in [6.45, 7) is 11.1. The Morgan fingerprint density at radius 1 is 1.10 bits per heavy atom. The van der Waals surface area contributed by atoms with Gasteiger partial charge in [0.05, 0.1) is 24.8 Å². The number of ketones is 1. The number of hydrogen-bond acceptors (Lipinski definition) is 7. The molecule has 0 atom stereocenters. The quantitative estimate of drug-likeness (QED) is 0.343. The SMILES string of the molecule is CCOc1cc2c(cc1C(=O)NC)C(=N)N(CC(=O)c1cc(CN3CCC(OCC(=O)O)CC3)cc(C(C)(C)C)c1)C2. The van der Waals surface area contributed by atoms with E-state index in [2.05, 4.69) is 37.1 Å². The Balaban J connectivity index is 1.49. The van der Waals surface area contributed by atoms with Gasteiger partial charge in [0.15, 0.2) is 5.78 Å². The molecule has 0 aromatic heterocycles. The van der Waals surface area contributed by atoms with Crippen LogP contribution < -0.4 is 10.1 Å². The van der Waals surface area contributed by atoms with E-state index >= 15 is 0 Å². The maximum atomic E-state index is 13.7. The summed E-state index contributed by atoms with van der Waals surface area (Å²) < 4.78 is 11.2. The molecule has 1 fully saturated rings. The van der Waals surface area contributed by atoms with Gasteiger partial charge in [0.2, 0.25) is 0 Å². The molecule has 0 unspecified atom stereocenters. The summed E-state index contributed by atoms with van der Waals surface area (Å²) in [5.74, 6) is -0.627. The molecular weight excluding hydrogens is 536 g/mol. The molecule has 2 aromatic carbocycles. The van der Waals surface area contributed by atoms with Crippen molar-refractivity contribution in [1.82, 2.24) is 15.1 Å². The van der Waals surface area contributed by atoms with Gasteiger partial charge < -0.3 is 24.8 Å². The number of carbonyl (C=O) groups excluding carboxylic acids is 2. The number of carboxylic acid groups (broad SMARTS) is 1. The average molecular weight is 579 g/mol. The maximum Gasteiger partial charge on any atom is 0.329 e. The van der Waals surface area contributed by atoms with Crippen molar-refractivity contribution in [2.75, 3.05) is 39.9 Å². The van der Waals surface area contributed by atoms with Gasteiger partial charge in [-0.25, -0.2) is 4.79 Å². The number of ether oxygens (including phenoxy) is 2. The van der Waals surface area contributed by atoms with Crippen molar-refractivity contribution in [3.63, 3.8) is 0 Å². The Bertz CT molecular complexity index is 1360. The van der Waals surface area contributed by atoms with Crippen molar-refractivity contribution < 1.29 is 29.0 Å². The summed E-state index contributed by atoms with van der Waals surface area (Å²) in [6, 6.07) is 9.56. The van der Waals surface area contributed by atoms with Gasteiger partial charge in [-0.05, 0) is 66.1 Å². The van der Waals surface area contributed by atoms with Gasteiger partial charge >= 0.3 is 5.97 Å². The van der Waals surface area contributed by atoms with Crippen LogP contribution in [-0.2, 0) is 28.0 Å². The molecule has 2 aliphatic rings. The smallest absolute Gasteiger partial charge is 0.329 e. The van der Waals surface area contributed by atoms with Crippen LogP contribution in [0.15, 0.2) is 30.3 Å². The van der Waals surface area contributed by atoms with E-state index < -0.39 is 5.97 Å². The van der Waals surface area contributed by atoms with Crippen LogP contribution in [0.5, 0.6) is 5.75 Å². The molecule has 2 heterocycles. The standard InChI is InChI=1S/C32H42N4O6/c1-6-41-28-14-22-17-36(30(33)25(22)15-26(28)31(40)34-5)18-27(37)21-11-20(12-23(13-21)32(2,3)4)16-35-9-7-24(8-10-35)42-19-29(38)39/h11-15,24,33H,6-10,16-19H2,1-5H3,(H,34,40)(H,38,39). The number of likely N-dealkylation sites (tertiary alicyclic amines) is 1. The highest BCUT2D eigenvalue weighted by Gasteiger charge is 2.30. The number of benzene rings is 2. The summed E-state index contributed by atoms with van der Waals surface area (Å²) >= 11 is 0. The van der Waals surface area contributed by atoms with Gasteiger partial charge in [-0.3, -0.25) is 19.9 Å². The second-order valence-corrected chi connectivity index (χ2v) is 12.0. The third-order valence-electron chi connectivity index (χ3n) is 7.81. The summed E-state index contributed by atoms with van der Waals surface area (Å²) in [5, 5.41) is 20.3. The van der Waals surface area contributed by atoms with E-state index in [1.807, 2.05) is 19.1 Å². The Morgan fingerprint density at radius 2 is 1.81 bits per heavy atom. The summed E-state index contributed by atoms with van der Waals surface area (Å²) in [7, 11) is 1.56. The number of amidine groups is 1. The van der Waals surface area contributed by atoms with Crippen molar-refractivity contribution in [2.24, 2.45) is 0 Å². The molecule has 226 valence electrons. The Labute approximate surface area is 247 Å². The van der Waals surface area contributed by atoms with E-state index in [4.69, 9.17) is 20.0 Å². The van der Waals surface area contributed by atoms with Crippen molar-refractivity contribution in [3.05, 3.63) is 63.7 Å². The first kappa shape index (κ1) is 31.2. The Hall–Kier alpha value is -3.76. The highest BCUT2D eigenvalue weighted by molar-refractivity contribution is 6.07. The fourth-order valence-corrected chi connectivity index (χ4v) is 5.47. The predicted octanol–water partition coefficient (Wildman–Crippen LogP) is 3.83. The molecule has 4 rings (SSSR count). The van der Waals surface area contributed by atoms with E-state index in [0.717, 1.165) is 42.6 Å². The third-order valence-corrected chi connectivity index (χ3v) is 7.81. The lowest BCUT2D eigenvalue weighted by atomic mass is 9.84. The Morgan fingerprint density at radius 3 is 2.43 bits per heavy atom. The number of aliphatic carboxylic acids is 1. The fraction of sp³-hybridized carbons (Fsp3) is 0.500. The molecule has 10 nitrogen and oxygen atoms in total. The molecule has 1 amide bonds. The third kappa shape index (κ3) is 7.35. The average Bonchev–Trinajstić information content (AvgIpc) is 3.24. The van der Waals surface area contributed by atoms with Crippen molar-refractivity contribution in [2.45, 2.75) is 65.1 Å². The number of amides is 1. The van der Waals surface area contributed by atoms with Crippen LogP contribution in [0, 0.1) is 5.41 Å². The topological polar surface area (TPSA) is 132 Å². The first-order valence-corrected chi connectivity index (χ1v) is 14.5. The first-order chi connectivity index (χ1) is 19.9. The zero-order valence-corrected chi connectivity index (χ0v) is 25.2. The summed E-state index contributed by atoms with van der Waals surface area (Å²) in [4.78, 5) is 41.0. The first-order valence-electron chi connectivity index (χ1n) is 14.5. The zero-order valence-electron chi connectivity index (χ0n) is 25.2. The van der Waals surface area contributed by atoms with Crippen LogP contribution in [-0.4, -0.2) is 84.4 Å². The van der Waals surface area contributed by atoms with Crippen LogP contribution in [0.1, 0.15) is 83.5 Å². The van der Waals surface area contributed by atoms with Crippen LogP contribution in [0.2, 0.25) is 0 Å². The number of fused-ring (bicyclic) bond motifs is 1. The number of nitrogens with one attached hydrogen (secondary N) is 2. The molecule has 0 aliphatic carbocycles. The molecular formula is C32H42N4O6. The maximum absolute atomic E-state index is 13.7. The number of hydrogen-bond donors (Lipinski definition) is 3. The van der Waals surface area contributed by atoms with E-state index in [9.17, 15) is 14.4 Å². The number of carbonyl (C=O) groups is 3. The molecule has 10 heteroatoms. The zero-order chi connectivity index (χ0) is 30.6. The molecule has 1 saturated heterocycles. The highest BCUT2D eigenvalue weighted by atomic mass is 16.5. The van der Waals surface area contributed by atoms with Gasteiger partial charge in [0.25, 0.3) is 5.91 Å².